The van der Waals surface area contributed by atoms with Crippen LogP contribution in [0.2, 0.25) is 0 Å². The normalized spacial score (nSPS) is 10.9. The van der Waals surface area contributed by atoms with E-state index in [2.05, 4.69) is 53.6 Å². The third-order valence-electron chi connectivity index (χ3n) is 3.16. The first-order valence-electron chi connectivity index (χ1n) is 7.35. The number of aryl methyl sites for hydroxylation is 2. The van der Waals surface area contributed by atoms with E-state index >= 15 is 0 Å². The molecule has 0 aliphatic rings. The highest BCUT2D eigenvalue weighted by atomic mass is 32.1. The van der Waals surface area contributed by atoms with Crippen molar-refractivity contribution >= 4 is 11.3 Å². The van der Waals surface area contributed by atoms with Gasteiger partial charge < -0.3 is 5.32 Å². The molecule has 2 rings (SSSR count). The summed E-state index contributed by atoms with van der Waals surface area (Å²) in [6.07, 6.45) is 4.26. The molecule has 0 amide bonds. The summed E-state index contributed by atoms with van der Waals surface area (Å²) in [6.45, 7) is 6.48. The van der Waals surface area contributed by atoms with Crippen molar-refractivity contribution < 1.29 is 0 Å². The summed E-state index contributed by atoms with van der Waals surface area (Å²) in [5.74, 6) is 0. The van der Waals surface area contributed by atoms with Crippen molar-refractivity contribution in [1.29, 1.82) is 0 Å². The van der Waals surface area contributed by atoms with E-state index in [0.29, 0.717) is 0 Å². The Morgan fingerprint density at radius 2 is 1.80 bits per heavy atom. The van der Waals surface area contributed by atoms with E-state index in [-0.39, 0.29) is 0 Å². The molecule has 2 aromatic rings. The lowest BCUT2D eigenvalue weighted by atomic mass is 10.1. The molecule has 0 aliphatic heterocycles. The molecule has 0 aliphatic carbocycles. The molecule has 0 atom stereocenters. The van der Waals surface area contributed by atoms with Gasteiger partial charge in [-0.25, -0.2) is 0 Å². The minimum Gasteiger partial charge on any atom is -0.317 e. The average molecular weight is 289 g/mol. The van der Waals surface area contributed by atoms with Crippen LogP contribution < -0.4 is 5.32 Å². The zero-order valence-electron chi connectivity index (χ0n) is 12.4. The molecule has 0 saturated carbocycles. The second-order valence-corrected chi connectivity index (χ2v) is 6.25. The second-order valence-electron chi connectivity index (χ2n) is 5.11. The van der Waals surface area contributed by atoms with Gasteiger partial charge in [-0.05, 0) is 38.4 Å². The zero-order valence-corrected chi connectivity index (χ0v) is 13.2. The fourth-order valence-corrected chi connectivity index (χ4v) is 2.93. The standard InChI is InChI=1S/C16H23N3S/c1-3-10-17-11-4-5-15-18-19-16(20-15)12-14-8-6-13(2)7-9-14/h6-9,17H,3-5,10-12H2,1-2H3. The Balaban J connectivity index is 1.78. The SMILES string of the molecule is CCCNCCCc1nnc(Cc2ccc(C)cc2)s1. The molecular formula is C16H23N3S. The van der Waals surface area contributed by atoms with Gasteiger partial charge in [-0.15, -0.1) is 21.5 Å². The van der Waals surface area contributed by atoms with E-state index in [4.69, 9.17) is 0 Å². The molecule has 0 unspecified atom stereocenters. The van der Waals surface area contributed by atoms with Crippen molar-refractivity contribution in [2.24, 2.45) is 0 Å². The number of nitrogens with one attached hydrogen (secondary N) is 1. The first-order valence-corrected chi connectivity index (χ1v) is 8.17. The van der Waals surface area contributed by atoms with Gasteiger partial charge in [0.05, 0.1) is 0 Å². The quantitative estimate of drug-likeness (QED) is 0.757. The number of rotatable bonds is 8. The fraction of sp³-hybridized carbons (Fsp3) is 0.500. The Kier molecular flexibility index (Phi) is 6.15. The molecule has 1 heterocycles. The first-order chi connectivity index (χ1) is 9.78. The summed E-state index contributed by atoms with van der Waals surface area (Å²) in [5.41, 5.74) is 2.61. The molecule has 0 saturated heterocycles. The summed E-state index contributed by atoms with van der Waals surface area (Å²) in [5, 5.41) is 14.3. The first kappa shape index (κ1) is 15.1. The number of hydrogen-bond acceptors (Lipinski definition) is 4. The van der Waals surface area contributed by atoms with Crippen molar-refractivity contribution in [2.45, 2.75) is 39.5 Å². The lowest BCUT2D eigenvalue weighted by Gasteiger charge is -2.00. The van der Waals surface area contributed by atoms with Crippen molar-refractivity contribution in [1.82, 2.24) is 15.5 Å². The lowest BCUT2D eigenvalue weighted by Crippen LogP contribution is -2.16. The average Bonchev–Trinajstić information content (AvgIpc) is 2.89. The summed E-state index contributed by atoms with van der Waals surface area (Å²) in [6, 6.07) is 8.64. The third-order valence-corrected chi connectivity index (χ3v) is 4.14. The topological polar surface area (TPSA) is 37.8 Å². The highest BCUT2D eigenvalue weighted by molar-refractivity contribution is 7.11. The molecule has 0 spiro atoms. The summed E-state index contributed by atoms with van der Waals surface area (Å²) in [7, 11) is 0. The molecule has 20 heavy (non-hydrogen) atoms. The molecule has 4 heteroatoms. The molecule has 3 nitrogen and oxygen atoms in total. The van der Waals surface area contributed by atoms with Gasteiger partial charge in [-0.1, -0.05) is 36.8 Å². The summed E-state index contributed by atoms with van der Waals surface area (Å²) in [4.78, 5) is 0. The van der Waals surface area contributed by atoms with Crippen LogP contribution in [0.5, 0.6) is 0 Å². The molecule has 1 aromatic heterocycles. The summed E-state index contributed by atoms with van der Waals surface area (Å²) < 4.78 is 0. The van der Waals surface area contributed by atoms with Crippen LogP contribution >= 0.6 is 11.3 Å². The van der Waals surface area contributed by atoms with Gasteiger partial charge in [-0.2, -0.15) is 0 Å². The fourth-order valence-electron chi connectivity index (χ4n) is 2.01. The number of aromatic nitrogens is 2. The van der Waals surface area contributed by atoms with E-state index in [0.717, 1.165) is 42.4 Å². The molecule has 0 bridgehead atoms. The molecule has 1 aromatic carbocycles. The Labute approximate surface area is 125 Å². The molecular weight excluding hydrogens is 266 g/mol. The van der Waals surface area contributed by atoms with Crippen molar-refractivity contribution in [3.05, 3.63) is 45.4 Å². The van der Waals surface area contributed by atoms with Crippen molar-refractivity contribution in [3.63, 3.8) is 0 Å². The maximum absolute atomic E-state index is 4.30. The van der Waals surface area contributed by atoms with E-state index in [1.807, 2.05) is 0 Å². The van der Waals surface area contributed by atoms with Gasteiger partial charge in [0.1, 0.15) is 10.0 Å². The van der Waals surface area contributed by atoms with Gasteiger partial charge in [0.25, 0.3) is 0 Å². The van der Waals surface area contributed by atoms with Crippen LogP contribution in [0, 0.1) is 6.92 Å². The smallest absolute Gasteiger partial charge is 0.121 e. The number of hydrogen-bond donors (Lipinski definition) is 1. The summed E-state index contributed by atoms with van der Waals surface area (Å²) >= 11 is 1.75. The van der Waals surface area contributed by atoms with Crippen molar-refractivity contribution in [3.8, 4) is 0 Å². The van der Waals surface area contributed by atoms with Crippen LogP contribution in [0.4, 0.5) is 0 Å². The molecule has 1 N–H and O–H groups in total. The van der Waals surface area contributed by atoms with Gasteiger partial charge in [0, 0.05) is 12.8 Å². The van der Waals surface area contributed by atoms with E-state index < -0.39 is 0 Å². The van der Waals surface area contributed by atoms with E-state index in [9.17, 15) is 0 Å². The lowest BCUT2D eigenvalue weighted by molar-refractivity contribution is 0.637. The zero-order chi connectivity index (χ0) is 14.2. The van der Waals surface area contributed by atoms with Crippen LogP contribution in [0.15, 0.2) is 24.3 Å². The van der Waals surface area contributed by atoms with Gasteiger partial charge >= 0.3 is 0 Å². The highest BCUT2D eigenvalue weighted by Crippen LogP contribution is 2.16. The number of nitrogens with zero attached hydrogens (tertiary/aromatic N) is 2. The van der Waals surface area contributed by atoms with Gasteiger partial charge in [0.2, 0.25) is 0 Å². The Hall–Kier alpha value is -1.26. The Morgan fingerprint density at radius 1 is 1.05 bits per heavy atom. The largest absolute Gasteiger partial charge is 0.317 e. The second kappa shape index (κ2) is 8.12. The van der Waals surface area contributed by atoms with E-state index in [1.54, 1.807) is 11.3 Å². The Morgan fingerprint density at radius 3 is 2.55 bits per heavy atom. The third kappa shape index (κ3) is 5.02. The minimum absolute atomic E-state index is 0.895. The van der Waals surface area contributed by atoms with Crippen LogP contribution in [0.25, 0.3) is 0 Å². The Bertz CT molecular complexity index is 505. The van der Waals surface area contributed by atoms with Crippen LogP contribution in [0.3, 0.4) is 0 Å². The maximum Gasteiger partial charge on any atom is 0.121 e. The highest BCUT2D eigenvalue weighted by Gasteiger charge is 2.05. The molecule has 0 fully saturated rings. The van der Waals surface area contributed by atoms with Crippen molar-refractivity contribution in [2.75, 3.05) is 13.1 Å². The molecule has 0 radical (unpaired) electrons. The minimum atomic E-state index is 0.895. The van der Waals surface area contributed by atoms with Crippen LogP contribution in [-0.2, 0) is 12.8 Å². The van der Waals surface area contributed by atoms with E-state index in [1.165, 1.54) is 17.5 Å². The monoisotopic (exact) mass is 289 g/mol. The maximum atomic E-state index is 4.30. The van der Waals surface area contributed by atoms with Gasteiger partial charge in [0.15, 0.2) is 0 Å². The number of benzene rings is 1. The van der Waals surface area contributed by atoms with Gasteiger partial charge in [-0.3, -0.25) is 0 Å². The predicted octanol–water partition coefficient (Wildman–Crippen LogP) is 3.37. The van der Waals surface area contributed by atoms with Crippen LogP contribution in [-0.4, -0.2) is 23.3 Å². The van der Waals surface area contributed by atoms with Crippen LogP contribution in [0.1, 0.15) is 40.9 Å². The molecule has 108 valence electrons. The predicted molar refractivity (Wildman–Crippen MR) is 85.4 cm³/mol.